The average molecular weight is 359 g/mol. The third-order valence-corrected chi connectivity index (χ3v) is 4.49. The summed E-state index contributed by atoms with van der Waals surface area (Å²) in [7, 11) is 0. The largest absolute Gasteiger partial charge is 0.322 e. The van der Waals surface area contributed by atoms with Crippen molar-refractivity contribution in [2.75, 3.05) is 5.32 Å². The number of nitrogens with zero attached hydrogens (tertiary/aromatic N) is 1. The lowest BCUT2D eigenvalue weighted by Gasteiger charge is -2.08. The Morgan fingerprint density at radius 2 is 1.62 bits per heavy atom. The molecule has 1 aromatic heterocycles. The molecule has 0 saturated carbocycles. The fourth-order valence-corrected chi connectivity index (χ4v) is 3.08. The van der Waals surface area contributed by atoms with Crippen molar-refractivity contribution in [1.82, 2.24) is 4.98 Å². The standard InChI is InChI=1S/C22H15ClN2O/c23-20-6-3-13-24-21(20)16-7-9-17(10-8-16)22(26)25-19-12-11-15-4-1-2-5-18(15)14-19/h1-14H,(H,25,26). The smallest absolute Gasteiger partial charge is 0.255 e. The summed E-state index contributed by atoms with van der Waals surface area (Å²) in [6, 6.07) is 24.8. The number of anilines is 1. The summed E-state index contributed by atoms with van der Waals surface area (Å²) in [4.78, 5) is 16.8. The maximum Gasteiger partial charge on any atom is 0.255 e. The summed E-state index contributed by atoms with van der Waals surface area (Å²) in [5.74, 6) is -0.154. The molecule has 0 aliphatic heterocycles. The Hall–Kier alpha value is -3.17. The van der Waals surface area contributed by atoms with Crippen molar-refractivity contribution in [3.8, 4) is 11.3 Å². The molecule has 0 unspecified atom stereocenters. The van der Waals surface area contributed by atoms with Crippen LogP contribution in [0.5, 0.6) is 0 Å². The van der Waals surface area contributed by atoms with Crippen molar-refractivity contribution in [1.29, 1.82) is 0 Å². The van der Waals surface area contributed by atoms with Crippen LogP contribution in [0.25, 0.3) is 22.0 Å². The van der Waals surface area contributed by atoms with Gasteiger partial charge in [0.05, 0.1) is 10.7 Å². The highest BCUT2D eigenvalue weighted by Crippen LogP contribution is 2.25. The number of carbonyl (C=O) groups excluding carboxylic acids is 1. The van der Waals surface area contributed by atoms with Crippen molar-refractivity contribution < 1.29 is 4.79 Å². The number of aromatic nitrogens is 1. The van der Waals surface area contributed by atoms with Crippen molar-refractivity contribution in [3.63, 3.8) is 0 Å². The monoisotopic (exact) mass is 358 g/mol. The van der Waals surface area contributed by atoms with Gasteiger partial charge in [0, 0.05) is 23.0 Å². The van der Waals surface area contributed by atoms with E-state index in [1.807, 2.05) is 54.6 Å². The zero-order chi connectivity index (χ0) is 17.9. The molecular formula is C22H15ClN2O. The maximum atomic E-state index is 12.5. The molecule has 1 N–H and O–H groups in total. The molecule has 1 amide bonds. The Balaban J connectivity index is 1.55. The molecule has 4 aromatic rings. The van der Waals surface area contributed by atoms with Gasteiger partial charge in [-0.25, -0.2) is 0 Å². The fourth-order valence-electron chi connectivity index (χ4n) is 2.85. The number of rotatable bonds is 3. The second-order valence-corrected chi connectivity index (χ2v) is 6.33. The number of amides is 1. The van der Waals surface area contributed by atoms with E-state index in [-0.39, 0.29) is 5.91 Å². The van der Waals surface area contributed by atoms with Gasteiger partial charge in [-0.05, 0) is 47.2 Å². The van der Waals surface area contributed by atoms with Gasteiger partial charge >= 0.3 is 0 Å². The van der Waals surface area contributed by atoms with E-state index in [0.29, 0.717) is 16.3 Å². The van der Waals surface area contributed by atoms with Crippen molar-refractivity contribution in [2.24, 2.45) is 0 Å². The Morgan fingerprint density at radius 1 is 0.846 bits per heavy atom. The Kier molecular flexibility index (Phi) is 4.38. The van der Waals surface area contributed by atoms with E-state index in [2.05, 4.69) is 10.3 Å². The first-order chi connectivity index (χ1) is 12.7. The van der Waals surface area contributed by atoms with Crippen LogP contribution in [0.15, 0.2) is 85.1 Å². The predicted molar refractivity (Wildman–Crippen MR) is 107 cm³/mol. The molecule has 4 rings (SSSR count). The first-order valence-corrected chi connectivity index (χ1v) is 8.59. The van der Waals surface area contributed by atoms with E-state index >= 15 is 0 Å². The lowest BCUT2D eigenvalue weighted by atomic mass is 10.1. The number of carbonyl (C=O) groups is 1. The zero-order valence-corrected chi connectivity index (χ0v) is 14.6. The maximum absolute atomic E-state index is 12.5. The molecule has 0 aliphatic rings. The fraction of sp³-hybridized carbons (Fsp3) is 0. The Labute approximate surface area is 156 Å². The van der Waals surface area contributed by atoms with E-state index < -0.39 is 0 Å². The summed E-state index contributed by atoms with van der Waals surface area (Å²) in [5.41, 5.74) is 2.92. The topological polar surface area (TPSA) is 42.0 Å². The molecule has 1 heterocycles. The minimum absolute atomic E-state index is 0.154. The third kappa shape index (κ3) is 3.30. The van der Waals surface area contributed by atoms with Gasteiger partial charge < -0.3 is 5.32 Å². The van der Waals surface area contributed by atoms with Crippen LogP contribution in [-0.2, 0) is 0 Å². The van der Waals surface area contributed by atoms with Crippen LogP contribution >= 0.6 is 11.6 Å². The summed E-state index contributed by atoms with van der Waals surface area (Å²) >= 11 is 6.17. The first kappa shape index (κ1) is 16.3. The highest BCUT2D eigenvalue weighted by atomic mass is 35.5. The molecule has 0 radical (unpaired) electrons. The molecular weight excluding hydrogens is 344 g/mol. The van der Waals surface area contributed by atoms with Gasteiger partial charge in [-0.15, -0.1) is 0 Å². The van der Waals surface area contributed by atoms with E-state index in [4.69, 9.17) is 11.6 Å². The molecule has 26 heavy (non-hydrogen) atoms. The van der Waals surface area contributed by atoms with Crippen LogP contribution in [-0.4, -0.2) is 10.9 Å². The van der Waals surface area contributed by atoms with Crippen LogP contribution in [0.1, 0.15) is 10.4 Å². The molecule has 3 aromatic carbocycles. The number of nitrogens with one attached hydrogen (secondary N) is 1. The molecule has 0 spiro atoms. The predicted octanol–water partition coefficient (Wildman–Crippen LogP) is 5.81. The van der Waals surface area contributed by atoms with Crippen LogP contribution in [0.2, 0.25) is 5.02 Å². The van der Waals surface area contributed by atoms with Crippen LogP contribution < -0.4 is 5.32 Å². The lowest BCUT2D eigenvalue weighted by Crippen LogP contribution is -2.11. The first-order valence-electron chi connectivity index (χ1n) is 8.22. The van der Waals surface area contributed by atoms with Crippen molar-refractivity contribution in [3.05, 3.63) is 95.6 Å². The number of hydrogen-bond acceptors (Lipinski definition) is 2. The van der Waals surface area contributed by atoms with Gasteiger partial charge in [-0.2, -0.15) is 0 Å². The van der Waals surface area contributed by atoms with Crippen molar-refractivity contribution >= 4 is 34.0 Å². The average Bonchev–Trinajstić information content (AvgIpc) is 2.68. The number of hydrogen-bond donors (Lipinski definition) is 1. The van der Waals surface area contributed by atoms with Crippen LogP contribution in [0, 0.1) is 0 Å². The summed E-state index contributed by atoms with van der Waals surface area (Å²) in [6.07, 6.45) is 1.70. The van der Waals surface area contributed by atoms with Gasteiger partial charge in [-0.3, -0.25) is 9.78 Å². The zero-order valence-electron chi connectivity index (χ0n) is 13.8. The Bertz CT molecular complexity index is 1090. The molecule has 0 atom stereocenters. The molecule has 4 heteroatoms. The minimum atomic E-state index is -0.154. The van der Waals surface area contributed by atoms with Gasteiger partial charge in [-0.1, -0.05) is 54.1 Å². The lowest BCUT2D eigenvalue weighted by molar-refractivity contribution is 0.102. The molecule has 0 bridgehead atoms. The second-order valence-electron chi connectivity index (χ2n) is 5.93. The van der Waals surface area contributed by atoms with Crippen LogP contribution in [0.3, 0.4) is 0 Å². The Morgan fingerprint density at radius 3 is 2.38 bits per heavy atom. The normalized spacial score (nSPS) is 10.7. The summed E-state index contributed by atoms with van der Waals surface area (Å²) in [6.45, 7) is 0. The van der Waals surface area contributed by atoms with Gasteiger partial charge in [0.25, 0.3) is 5.91 Å². The molecule has 0 fully saturated rings. The number of benzene rings is 3. The third-order valence-electron chi connectivity index (χ3n) is 4.19. The quantitative estimate of drug-likeness (QED) is 0.502. The highest BCUT2D eigenvalue weighted by molar-refractivity contribution is 6.33. The molecule has 0 aliphatic carbocycles. The summed E-state index contributed by atoms with van der Waals surface area (Å²) in [5, 5.41) is 5.75. The minimum Gasteiger partial charge on any atom is -0.322 e. The SMILES string of the molecule is O=C(Nc1ccc2ccccc2c1)c1ccc(-c2ncccc2Cl)cc1. The molecule has 0 saturated heterocycles. The number of pyridine rings is 1. The van der Waals surface area contributed by atoms with Gasteiger partial charge in [0.2, 0.25) is 0 Å². The van der Waals surface area contributed by atoms with E-state index in [1.165, 1.54) is 0 Å². The number of halogens is 1. The van der Waals surface area contributed by atoms with Crippen molar-refractivity contribution in [2.45, 2.75) is 0 Å². The highest BCUT2D eigenvalue weighted by Gasteiger charge is 2.09. The van der Waals surface area contributed by atoms with E-state index in [0.717, 1.165) is 22.0 Å². The van der Waals surface area contributed by atoms with Gasteiger partial charge in [0.1, 0.15) is 0 Å². The molecule has 126 valence electrons. The van der Waals surface area contributed by atoms with E-state index in [9.17, 15) is 4.79 Å². The summed E-state index contributed by atoms with van der Waals surface area (Å²) < 4.78 is 0. The van der Waals surface area contributed by atoms with Crippen LogP contribution in [0.4, 0.5) is 5.69 Å². The number of fused-ring (bicyclic) bond motifs is 1. The van der Waals surface area contributed by atoms with Gasteiger partial charge in [0.15, 0.2) is 0 Å². The second kappa shape index (κ2) is 6.98. The van der Waals surface area contributed by atoms with E-state index in [1.54, 1.807) is 30.5 Å². The molecule has 3 nitrogen and oxygen atoms in total.